The van der Waals surface area contributed by atoms with Crippen LogP contribution in [0.3, 0.4) is 0 Å². The molecule has 0 amide bonds. The van der Waals surface area contributed by atoms with E-state index in [4.69, 9.17) is 23.9 Å². The highest BCUT2D eigenvalue weighted by Crippen LogP contribution is 2.39. The molecule has 0 saturated heterocycles. The lowest BCUT2D eigenvalue weighted by atomic mass is 10.1. The third-order valence-electron chi connectivity index (χ3n) is 5.39. The molecule has 0 unspecified atom stereocenters. The Balaban J connectivity index is 1.55. The van der Waals surface area contributed by atoms with Crippen molar-refractivity contribution in [1.29, 1.82) is 5.26 Å². The summed E-state index contributed by atoms with van der Waals surface area (Å²) < 4.78 is 28.6. The van der Waals surface area contributed by atoms with Crippen LogP contribution in [0.2, 0.25) is 0 Å². The number of hydrogen-bond donors (Lipinski definition) is 2. The van der Waals surface area contributed by atoms with Gasteiger partial charge in [-0.15, -0.1) is 0 Å². The summed E-state index contributed by atoms with van der Waals surface area (Å²) in [6.45, 7) is 0.737. The van der Waals surface area contributed by atoms with Gasteiger partial charge in [0.2, 0.25) is 0 Å². The van der Waals surface area contributed by atoms with Gasteiger partial charge < -0.3 is 29.0 Å². The first-order valence-corrected chi connectivity index (χ1v) is 10.7. The van der Waals surface area contributed by atoms with Gasteiger partial charge in [-0.05, 0) is 30.3 Å². The molecule has 0 atom stereocenters. The Morgan fingerprint density at radius 1 is 1.17 bits per heavy atom. The fourth-order valence-corrected chi connectivity index (χ4v) is 3.71. The number of rotatable bonds is 7. The predicted molar refractivity (Wildman–Crippen MR) is 124 cm³/mol. The summed E-state index contributed by atoms with van der Waals surface area (Å²) in [6, 6.07) is 12.9. The molecular weight excluding hydrogens is 454 g/mol. The van der Waals surface area contributed by atoms with E-state index >= 15 is 0 Å². The highest BCUT2D eigenvalue weighted by Gasteiger charge is 2.21. The first-order chi connectivity index (χ1) is 17.1. The molecule has 0 spiro atoms. The number of ether oxygens (including phenoxy) is 5. The van der Waals surface area contributed by atoms with Crippen molar-refractivity contribution in [3.05, 3.63) is 48.2 Å². The molecule has 35 heavy (non-hydrogen) atoms. The third-order valence-corrected chi connectivity index (χ3v) is 5.39. The molecule has 178 valence electrons. The number of esters is 1. The van der Waals surface area contributed by atoms with Gasteiger partial charge >= 0.3 is 5.97 Å². The van der Waals surface area contributed by atoms with E-state index in [1.807, 2.05) is 18.2 Å². The van der Waals surface area contributed by atoms with Gasteiger partial charge in [-0.25, -0.2) is 14.3 Å². The average molecular weight is 475 g/mol. The molecule has 3 heterocycles. The van der Waals surface area contributed by atoms with E-state index in [9.17, 15) is 10.1 Å². The Morgan fingerprint density at radius 3 is 2.77 bits per heavy atom. The van der Waals surface area contributed by atoms with Crippen LogP contribution in [-0.2, 0) is 9.53 Å². The first kappa shape index (κ1) is 22.0. The van der Waals surface area contributed by atoms with Gasteiger partial charge in [-0.3, -0.25) is 5.10 Å². The molecule has 0 saturated carbocycles. The van der Waals surface area contributed by atoms with Crippen LogP contribution in [0.1, 0.15) is 5.56 Å². The third kappa shape index (κ3) is 4.13. The van der Waals surface area contributed by atoms with E-state index in [0.29, 0.717) is 64.5 Å². The van der Waals surface area contributed by atoms with Crippen molar-refractivity contribution in [3.63, 3.8) is 0 Å². The zero-order chi connectivity index (χ0) is 24.4. The number of hydrogen-bond acceptors (Lipinski definition) is 9. The smallest absolute Gasteiger partial charge is 0.343 e. The zero-order valence-corrected chi connectivity index (χ0v) is 19.0. The van der Waals surface area contributed by atoms with Crippen molar-refractivity contribution in [2.45, 2.75) is 0 Å². The maximum Gasteiger partial charge on any atom is 0.343 e. The van der Waals surface area contributed by atoms with Crippen molar-refractivity contribution >= 4 is 23.1 Å². The molecule has 11 heteroatoms. The Bertz CT molecular complexity index is 1450. The molecule has 0 fully saturated rings. The lowest BCUT2D eigenvalue weighted by molar-refractivity contribution is -0.142. The molecule has 2 aromatic heterocycles. The zero-order valence-electron chi connectivity index (χ0n) is 19.0. The number of imidazole rings is 1. The Kier molecular flexibility index (Phi) is 5.76. The fraction of sp³-hybridized carbons (Fsp3) is 0.208. The highest BCUT2D eigenvalue weighted by molar-refractivity contribution is 5.82. The number of carbonyl (C=O) groups is 1. The number of aromatic nitrogens is 3. The summed E-state index contributed by atoms with van der Waals surface area (Å²) in [5.41, 5.74) is 2.88. The predicted octanol–water partition coefficient (Wildman–Crippen LogP) is 3.28. The van der Waals surface area contributed by atoms with Crippen LogP contribution in [0.5, 0.6) is 23.0 Å². The van der Waals surface area contributed by atoms with Crippen LogP contribution < -0.4 is 24.3 Å². The Hall–Kier alpha value is -4.85. The van der Waals surface area contributed by atoms with Crippen molar-refractivity contribution < 1.29 is 28.5 Å². The minimum absolute atomic E-state index is 0.248. The molecule has 1 aliphatic heterocycles. The molecule has 0 radical (unpaired) electrons. The van der Waals surface area contributed by atoms with Crippen LogP contribution >= 0.6 is 0 Å². The van der Waals surface area contributed by atoms with Crippen LogP contribution in [0.25, 0.3) is 16.9 Å². The van der Waals surface area contributed by atoms with Crippen LogP contribution in [0, 0.1) is 11.3 Å². The number of benzene rings is 2. The average Bonchev–Trinajstić information content (AvgIpc) is 3.46. The van der Waals surface area contributed by atoms with Gasteiger partial charge in [-0.1, -0.05) is 0 Å². The number of anilines is 2. The first-order valence-electron chi connectivity index (χ1n) is 10.7. The summed E-state index contributed by atoms with van der Waals surface area (Å²) in [5, 5.41) is 15.9. The second-order valence-electron chi connectivity index (χ2n) is 7.48. The summed E-state index contributed by atoms with van der Waals surface area (Å²) in [4.78, 5) is 16.2. The highest BCUT2D eigenvalue weighted by atomic mass is 16.6. The Morgan fingerprint density at radius 2 is 2.00 bits per heavy atom. The molecule has 1 aliphatic rings. The second kappa shape index (κ2) is 9.18. The SMILES string of the molecule is COC(=O)COc1ccc(-c2nc3c(C#N)c[nH]n3c2Nc2ccc3c(c2)OCCO3)cc1OC. The summed E-state index contributed by atoms with van der Waals surface area (Å²) in [7, 11) is 2.79. The number of aromatic amines is 1. The summed E-state index contributed by atoms with van der Waals surface area (Å²) >= 11 is 0. The van der Waals surface area contributed by atoms with Gasteiger partial charge in [-0.2, -0.15) is 5.26 Å². The second-order valence-corrected chi connectivity index (χ2v) is 7.48. The Labute approximate surface area is 199 Å². The number of methoxy groups -OCH3 is 2. The molecule has 4 aromatic rings. The van der Waals surface area contributed by atoms with Crippen molar-refractivity contribution in [2.24, 2.45) is 0 Å². The normalized spacial score (nSPS) is 12.1. The van der Waals surface area contributed by atoms with Crippen LogP contribution in [0.15, 0.2) is 42.6 Å². The van der Waals surface area contributed by atoms with E-state index in [0.717, 1.165) is 5.69 Å². The van der Waals surface area contributed by atoms with E-state index in [-0.39, 0.29) is 6.61 Å². The molecule has 11 nitrogen and oxygen atoms in total. The van der Waals surface area contributed by atoms with E-state index < -0.39 is 5.97 Å². The molecule has 0 bridgehead atoms. The van der Waals surface area contributed by atoms with E-state index in [1.165, 1.54) is 14.2 Å². The van der Waals surface area contributed by atoms with Crippen molar-refractivity contribution in [2.75, 3.05) is 39.4 Å². The number of nitrogens with one attached hydrogen (secondary N) is 2. The maximum absolute atomic E-state index is 11.5. The molecule has 2 N–H and O–H groups in total. The molecule has 2 aromatic carbocycles. The lowest BCUT2D eigenvalue weighted by Crippen LogP contribution is -2.15. The topological polar surface area (TPSA) is 132 Å². The van der Waals surface area contributed by atoms with Crippen molar-refractivity contribution in [3.8, 4) is 40.3 Å². The van der Waals surface area contributed by atoms with Crippen LogP contribution in [0.4, 0.5) is 11.5 Å². The minimum Gasteiger partial charge on any atom is -0.493 e. The number of fused-ring (bicyclic) bond motifs is 2. The summed E-state index contributed by atoms with van der Waals surface area (Å²) in [6.07, 6.45) is 1.59. The van der Waals surface area contributed by atoms with Gasteiger partial charge in [0.05, 0.1) is 14.2 Å². The van der Waals surface area contributed by atoms with Crippen molar-refractivity contribution in [1.82, 2.24) is 14.6 Å². The molecular formula is C24H21N5O6. The largest absolute Gasteiger partial charge is 0.493 e. The van der Waals surface area contributed by atoms with E-state index in [2.05, 4.69) is 21.2 Å². The minimum atomic E-state index is -0.505. The van der Waals surface area contributed by atoms with Gasteiger partial charge in [0.15, 0.2) is 41.1 Å². The van der Waals surface area contributed by atoms with E-state index in [1.54, 1.807) is 28.9 Å². The quantitative estimate of drug-likeness (QED) is 0.386. The number of nitrogens with zero attached hydrogens (tertiary/aromatic N) is 3. The number of carbonyl (C=O) groups excluding carboxylic acids is 1. The lowest BCUT2D eigenvalue weighted by Gasteiger charge is -2.19. The van der Waals surface area contributed by atoms with Gasteiger partial charge in [0.25, 0.3) is 0 Å². The molecule has 5 rings (SSSR count). The summed E-state index contributed by atoms with van der Waals surface area (Å²) in [5.74, 6) is 2.21. The fourth-order valence-electron chi connectivity index (χ4n) is 3.71. The maximum atomic E-state index is 11.5. The standard InChI is InChI=1S/C24H21N5O6/c1-31-19-9-14(3-5-17(19)35-13-21(30)32-2)22-24(29-23(28-22)15(11-25)12-26-29)27-16-4-6-18-20(10-16)34-8-7-33-18/h3-6,9-10,12,26-27H,7-8,13H2,1-2H3. The number of nitriles is 1. The monoisotopic (exact) mass is 475 g/mol. The van der Waals surface area contributed by atoms with Gasteiger partial charge in [0.1, 0.15) is 30.5 Å². The molecule has 0 aliphatic carbocycles. The van der Waals surface area contributed by atoms with Gasteiger partial charge in [0, 0.05) is 23.5 Å². The number of H-pyrrole nitrogens is 1. The van der Waals surface area contributed by atoms with Crippen LogP contribution in [-0.4, -0.2) is 54.6 Å².